The van der Waals surface area contributed by atoms with Gasteiger partial charge in [-0.2, -0.15) is 5.10 Å². The smallest absolute Gasteiger partial charge is 0.0895 e. The maximum absolute atomic E-state index is 4.75. The predicted molar refractivity (Wildman–Crippen MR) is 76.0 cm³/mol. The lowest BCUT2D eigenvalue weighted by Crippen LogP contribution is -2.28. The zero-order valence-corrected chi connectivity index (χ0v) is 11.6. The molecule has 19 heavy (non-hydrogen) atoms. The average Bonchev–Trinajstić information content (AvgIpc) is 2.76. The lowest BCUT2D eigenvalue weighted by Gasteiger charge is -2.21. The van der Waals surface area contributed by atoms with Crippen molar-refractivity contribution in [3.8, 4) is 11.4 Å². The summed E-state index contributed by atoms with van der Waals surface area (Å²) in [6.07, 6.45) is 4.30. The number of hydrogen-bond acceptors (Lipinski definition) is 3. The van der Waals surface area contributed by atoms with Crippen molar-refractivity contribution in [2.45, 2.75) is 25.7 Å². The molecular weight excluding hydrogens is 236 g/mol. The number of nitrogens with one attached hydrogen (secondary N) is 1. The molecule has 4 nitrogen and oxygen atoms in total. The van der Waals surface area contributed by atoms with Gasteiger partial charge < -0.3 is 5.32 Å². The normalized spacial score (nSPS) is 19.6. The van der Waals surface area contributed by atoms with E-state index in [2.05, 4.69) is 17.2 Å². The molecule has 0 radical (unpaired) electrons. The Morgan fingerprint density at radius 1 is 1.37 bits per heavy atom. The Bertz CT molecular complexity index is 553. The van der Waals surface area contributed by atoms with Gasteiger partial charge in [-0.05, 0) is 38.4 Å². The first-order valence-electron chi connectivity index (χ1n) is 6.93. The summed E-state index contributed by atoms with van der Waals surface area (Å²) in [5.74, 6) is 0.539. The van der Waals surface area contributed by atoms with E-state index >= 15 is 0 Å². The van der Waals surface area contributed by atoms with Gasteiger partial charge in [0.05, 0.1) is 17.1 Å². The summed E-state index contributed by atoms with van der Waals surface area (Å²) in [7, 11) is 2.01. The Morgan fingerprint density at radius 2 is 2.26 bits per heavy atom. The second-order valence-electron chi connectivity index (χ2n) is 5.24. The van der Waals surface area contributed by atoms with E-state index in [1.807, 2.05) is 36.1 Å². The predicted octanol–water partition coefficient (Wildman–Crippen LogP) is 2.26. The zero-order valence-electron chi connectivity index (χ0n) is 11.6. The fourth-order valence-electron chi connectivity index (χ4n) is 2.98. The number of pyridine rings is 1. The molecule has 0 amide bonds. The minimum absolute atomic E-state index is 0.539. The molecular formula is C15H20N4. The standard InChI is InChI=1S/C15H20N4/c1-11-14(12-6-5-8-16-10-12)18-19(2)15(11)13-7-3-4-9-17-13/h3-4,7,9,12,16H,5-6,8,10H2,1-2H3. The SMILES string of the molecule is Cc1c(C2CCCNC2)nn(C)c1-c1ccccn1. The average molecular weight is 256 g/mol. The molecule has 0 spiro atoms. The van der Waals surface area contributed by atoms with Crippen molar-refractivity contribution < 1.29 is 0 Å². The molecule has 1 aliphatic rings. The van der Waals surface area contributed by atoms with Crippen LogP contribution in [0.4, 0.5) is 0 Å². The highest BCUT2D eigenvalue weighted by Gasteiger charge is 2.23. The number of hydrogen-bond donors (Lipinski definition) is 1. The Balaban J connectivity index is 2.00. The minimum Gasteiger partial charge on any atom is -0.316 e. The van der Waals surface area contributed by atoms with E-state index in [1.54, 1.807) is 0 Å². The summed E-state index contributed by atoms with van der Waals surface area (Å²) in [4.78, 5) is 4.45. The Hall–Kier alpha value is -1.68. The first kappa shape index (κ1) is 12.4. The molecule has 0 aromatic carbocycles. The van der Waals surface area contributed by atoms with Crippen molar-refractivity contribution >= 4 is 0 Å². The van der Waals surface area contributed by atoms with Crippen LogP contribution >= 0.6 is 0 Å². The molecule has 0 bridgehead atoms. The van der Waals surface area contributed by atoms with E-state index in [4.69, 9.17) is 5.10 Å². The molecule has 0 aliphatic carbocycles. The second kappa shape index (κ2) is 5.13. The third-order valence-corrected chi connectivity index (χ3v) is 3.91. The largest absolute Gasteiger partial charge is 0.316 e. The van der Waals surface area contributed by atoms with E-state index in [1.165, 1.54) is 24.1 Å². The number of aryl methyl sites for hydroxylation is 1. The molecule has 1 saturated heterocycles. The zero-order chi connectivity index (χ0) is 13.2. The van der Waals surface area contributed by atoms with E-state index in [9.17, 15) is 0 Å². The van der Waals surface area contributed by atoms with Gasteiger partial charge in [-0.15, -0.1) is 0 Å². The van der Waals surface area contributed by atoms with E-state index in [-0.39, 0.29) is 0 Å². The minimum atomic E-state index is 0.539. The van der Waals surface area contributed by atoms with Crippen LogP contribution < -0.4 is 5.32 Å². The van der Waals surface area contributed by atoms with Gasteiger partial charge in [-0.25, -0.2) is 0 Å². The number of piperidine rings is 1. The molecule has 2 aromatic heterocycles. The quantitative estimate of drug-likeness (QED) is 0.896. The summed E-state index contributed by atoms with van der Waals surface area (Å²) in [5, 5.41) is 8.21. The summed E-state index contributed by atoms with van der Waals surface area (Å²) < 4.78 is 1.97. The Labute approximate surface area is 113 Å². The first-order chi connectivity index (χ1) is 9.27. The van der Waals surface area contributed by atoms with Crippen LogP contribution in [-0.2, 0) is 7.05 Å². The maximum Gasteiger partial charge on any atom is 0.0895 e. The van der Waals surface area contributed by atoms with E-state index < -0.39 is 0 Å². The van der Waals surface area contributed by atoms with Gasteiger partial charge in [0.1, 0.15) is 0 Å². The van der Waals surface area contributed by atoms with Crippen LogP contribution in [0.1, 0.15) is 30.0 Å². The van der Waals surface area contributed by atoms with Crippen LogP contribution in [-0.4, -0.2) is 27.9 Å². The second-order valence-corrected chi connectivity index (χ2v) is 5.24. The molecule has 1 fully saturated rings. The molecule has 2 aromatic rings. The third kappa shape index (κ3) is 2.28. The molecule has 0 saturated carbocycles. The van der Waals surface area contributed by atoms with Crippen molar-refractivity contribution in [2.24, 2.45) is 7.05 Å². The van der Waals surface area contributed by atoms with Gasteiger partial charge >= 0.3 is 0 Å². The van der Waals surface area contributed by atoms with Gasteiger partial charge in [0.2, 0.25) is 0 Å². The monoisotopic (exact) mass is 256 g/mol. The van der Waals surface area contributed by atoms with Crippen molar-refractivity contribution in [1.82, 2.24) is 20.1 Å². The van der Waals surface area contributed by atoms with Gasteiger partial charge in [-0.1, -0.05) is 6.07 Å². The molecule has 100 valence electrons. The van der Waals surface area contributed by atoms with Crippen molar-refractivity contribution in [1.29, 1.82) is 0 Å². The highest BCUT2D eigenvalue weighted by atomic mass is 15.3. The Morgan fingerprint density at radius 3 is 2.95 bits per heavy atom. The number of rotatable bonds is 2. The van der Waals surface area contributed by atoms with Crippen LogP contribution in [0.3, 0.4) is 0 Å². The number of aromatic nitrogens is 3. The Kier molecular flexibility index (Phi) is 3.34. The van der Waals surface area contributed by atoms with E-state index in [0.29, 0.717) is 5.92 Å². The van der Waals surface area contributed by atoms with Crippen molar-refractivity contribution in [3.63, 3.8) is 0 Å². The maximum atomic E-state index is 4.75. The molecule has 1 aliphatic heterocycles. The number of nitrogens with zero attached hydrogens (tertiary/aromatic N) is 3. The lowest BCUT2D eigenvalue weighted by molar-refractivity contribution is 0.450. The van der Waals surface area contributed by atoms with Gasteiger partial charge in [0, 0.05) is 31.3 Å². The van der Waals surface area contributed by atoms with Crippen LogP contribution in [0.15, 0.2) is 24.4 Å². The molecule has 1 atom stereocenters. The first-order valence-corrected chi connectivity index (χ1v) is 6.93. The third-order valence-electron chi connectivity index (χ3n) is 3.91. The van der Waals surface area contributed by atoms with Crippen LogP contribution in [0.5, 0.6) is 0 Å². The molecule has 3 rings (SSSR count). The summed E-state index contributed by atoms with van der Waals surface area (Å²) in [6.45, 7) is 4.34. The topological polar surface area (TPSA) is 42.7 Å². The summed E-state index contributed by atoms with van der Waals surface area (Å²) in [6, 6.07) is 6.02. The molecule has 3 heterocycles. The van der Waals surface area contributed by atoms with Crippen LogP contribution in [0.2, 0.25) is 0 Å². The summed E-state index contributed by atoms with van der Waals surface area (Å²) in [5.41, 5.74) is 4.65. The molecule has 1 N–H and O–H groups in total. The summed E-state index contributed by atoms with van der Waals surface area (Å²) >= 11 is 0. The fraction of sp³-hybridized carbons (Fsp3) is 0.467. The van der Waals surface area contributed by atoms with Gasteiger partial charge in [0.25, 0.3) is 0 Å². The fourth-order valence-corrected chi connectivity index (χ4v) is 2.98. The van der Waals surface area contributed by atoms with Gasteiger partial charge in [-0.3, -0.25) is 9.67 Å². The molecule has 4 heteroatoms. The van der Waals surface area contributed by atoms with E-state index in [0.717, 1.165) is 24.5 Å². The highest BCUT2D eigenvalue weighted by Crippen LogP contribution is 2.30. The van der Waals surface area contributed by atoms with Crippen molar-refractivity contribution in [3.05, 3.63) is 35.7 Å². The van der Waals surface area contributed by atoms with Crippen LogP contribution in [0.25, 0.3) is 11.4 Å². The van der Waals surface area contributed by atoms with Crippen molar-refractivity contribution in [2.75, 3.05) is 13.1 Å². The lowest BCUT2D eigenvalue weighted by atomic mass is 9.93. The highest BCUT2D eigenvalue weighted by molar-refractivity contribution is 5.60. The van der Waals surface area contributed by atoms with Crippen LogP contribution in [0, 0.1) is 6.92 Å². The van der Waals surface area contributed by atoms with Gasteiger partial charge in [0.15, 0.2) is 0 Å². The molecule has 1 unspecified atom stereocenters.